The lowest BCUT2D eigenvalue weighted by Gasteiger charge is -2.08. The minimum atomic E-state index is -0.991. The van der Waals surface area contributed by atoms with E-state index in [0.717, 1.165) is 23.4 Å². The molecule has 4 nitrogen and oxygen atoms in total. The molecule has 0 aliphatic heterocycles. The molecule has 0 bridgehead atoms. The Morgan fingerprint density at radius 1 is 1.42 bits per heavy atom. The Balaban J connectivity index is 2.47. The number of aromatic nitrogens is 1. The largest absolute Gasteiger partial charge is 0.478 e. The molecular formula is C15H15NO3. The molecule has 0 radical (unpaired) electrons. The molecule has 1 N–H and O–H groups in total. The number of fused-ring (bicyclic) bond motifs is 1. The maximum Gasteiger partial charge on any atom is 0.328 e. The van der Waals surface area contributed by atoms with Gasteiger partial charge in [0, 0.05) is 17.0 Å². The summed E-state index contributed by atoms with van der Waals surface area (Å²) in [6.45, 7) is 2.56. The van der Waals surface area contributed by atoms with E-state index in [2.05, 4.69) is 4.98 Å². The Kier molecular flexibility index (Phi) is 4.13. The molecule has 1 aromatic heterocycles. The van der Waals surface area contributed by atoms with E-state index in [1.54, 1.807) is 0 Å². The summed E-state index contributed by atoms with van der Waals surface area (Å²) >= 11 is 0. The Morgan fingerprint density at radius 3 is 2.95 bits per heavy atom. The zero-order valence-corrected chi connectivity index (χ0v) is 10.7. The van der Waals surface area contributed by atoms with E-state index in [1.807, 2.05) is 37.3 Å². The van der Waals surface area contributed by atoms with Gasteiger partial charge in [-0.2, -0.15) is 0 Å². The maximum atomic E-state index is 10.6. The van der Waals surface area contributed by atoms with Crippen molar-refractivity contribution in [2.45, 2.75) is 13.3 Å². The summed E-state index contributed by atoms with van der Waals surface area (Å²) in [7, 11) is 0. The number of carboxylic acid groups (broad SMARTS) is 1. The first-order chi connectivity index (χ1) is 9.20. The molecule has 98 valence electrons. The third kappa shape index (κ3) is 3.31. The van der Waals surface area contributed by atoms with Crippen LogP contribution >= 0.6 is 0 Å². The van der Waals surface area contributed by atoms with E-state index in [1.165, 1.54) is 6.08 Å². The van der Waals surface area contributed by atoms with Gasteiger partial charge in [0.25, 0.3) is 0 Å². The molecule has 0 atom stereocenters. The molecular weight excluding hydrogens is 242 g/mol. The van der Waals surface area contributed by atoms with Crippen molar-refractivity contribution >= 4 is 22.9 Å². The van der Waals surface area contributed by atoms with Crippen molar-refractivity contribution in [3.63, 3.8) is 0 Å². The third-order valence-electron chi connectivity index (χ3n) is 2.57. The molecule has 0 saturated carbocycles. The quantitative estimate of drug-likeness (QED) is 0.836. The molecule has 2 aromatic rings. The molecule has 0 aliphatic rings. The molecule has 2 rings (SSSR count). The molecule has 1 heterocycles. The van der Waals surface area contributed by atoms with E-state index in [0.29, 0.717) is 18.1 Å². The van der Waals surface area contributed by atoms with Gasteiger partial charge in [-0.25, -0.2) is 9.78 Å². The first-order valence-corrected chi connectivity index (χ1v) is 6.14. The van der Waals surface area contributed by atoms with Gasteiger partial charge in [-0.15, -0.1) is 0 Å². The van der Waals surface area contributed by atoms with Crippen molar-refractivity contribution in [1.82, 2.24) is 4.98 Å². The van der Waals surface area contributed by atoms with E-state index in [4.69, 9.17) is 9.84 Å². The fraction of sp³-hybridized carbons (Fsp3) is 0.200. The summed E-state index contributed by atoms with van der Waals surface area (Å²) in [5.41, 5.74) is 1.51. The Morgan fingerprint density at radius 2 is 2.21 bits per heavy atom. The van der Waals surface area contributed by atoms with Crippen LogP contribution in [0.25, 0.3) is 17.0 Å². The zero-order valence-electron chi connectivity index (χ0n) is 10.7. The van der Waals surface area contributed by atoms with Crippen LogP contribution in [0, 0.1) is 0 Å². The highest BCUT2D eigenvalue weighted by Gasteiger charge is 2.06. The maximum absolute atomic E-state index is 10.6. The Labute approximate surface area is 111 Å². The van der Waals surface area contributed by atoms with Crippen LogP contribution in [0.5, 0.6) is 5.88 Å². The van der Waals surface area contributed by atoms with E-state index < -0.39 is 5.97 Å². The number of hydrogen-bond donors (Lipinski definition) is 1. The number of carboxylic acids is 1. The van der Waals surface area contributed by atoms with Crippen molar-refractivity contribution in [3.8, 4) is 5.88 Å². The lowest BCUT2D eigenvalue weighted by atomic mass is 10.1. The molecule has 1 aromatic carbocycles. The summed E-state index contributed by atoms with van der Waals surface area (Å²) in [6, 6.07) is 9.54. The smallest absolute Gasteiger partial charge is 0.328 e. The van der Waals surface area contributed by atoms with Crippen molar-refractivity contribution in [2.24, 2.45) is 0 Å². The predicted octanol–water partition coefficient (Wildman–Crippen LogP) is 3.12. The lowest BCUT2D eigenvalue weighted by Crippen LogP contribution is -2.00. The van der Waals surface area contributed by atoms with Gasteiger partial charge in [0.15, 0.2) is 0 Å². The first-order valence-electron chi connectivity index (χ1n) is 6.14. The minimum absolute atomic E-state index is 0.470. The minimum Gasteiger partial charge on any atom is -0.478 e. The van der Waals surface area contributed by atoms with Crippen molar-refractivity contribution < 1.29 is 14.6 Å². The van der Waals surface area contributed by atoms with Crippen LogP contribution in [0.1, 0.15) is 18.9 Å². The van der Waals surface area contributed by atoms with Gasteiger partial charge in [0.05, 0.1) is 12.1 Å². The monoisotopic (exact) mass is 257 g/mol. The van der Waals surface area contributed by atoms with Gasteiger partial charge in [-0.3, -0.25) is 0 Å². The number of rotatable bonds is 5. The van der Waals surface area contributed by atoms with Crippen LogP contribution < -0.4 is 4.74 Å². The second-order valence-electron chi connectivity index (χ2n) is 4.10. The second-order valence-corrected chi connectivity index (χ2v) is 4.10. The summed E-state index contributed by atoms with van der Waals surface area (Å²) in [5, 5.41) is 9.66. The van der Waals surface area contributed by atoms with Crippen molar-refractivity contribution in [2.75, 3.05) is 6.61 Å². The van der Waals surface area contributed by atoms with Crippen LogP contribution in [0.4, 0.5) is 0 Å². The van der Waals surface area contributed by atoms with Gasteiger partial charge in [-0.05, 0) is 24.6 Å². The molecule has 0 unspecified atom stereocenters. The summed E-state index contributed by atoms with van der Waals surface area (Å²) in [6.07, 6.45) is 3.47. The predicted molar refractivity (Wildman–Crippen MR) is 74.2 cm³/mol. The first kappa shape index (κ1) is 13.1. The molecule has 0 saturated heterocycles. The third-order valence-corrected chi connectivity index (χ3v) is 2.57. The summed E-state index contributed by atoms with van der Waals surface area (Å²) in [4.78, 5) is 15.0. The van der Waals surface area contributed by atoms with Crippen molar-refractivity contribution in [1.29, 1.82) is 0 Å². The molecule has 4 heteroatoms. The van der Waals surface area contributed by atoms with Gasteiger partial charge < -0.3 is 9.84 Å². The topological polar surface area (TPSA) is 59.4 Å². The number of para-hydroxylation sites is 1. The number of pyridine rings is 1. The zero-order chi connectivity index (χ0) is 13.7. The highest BCUT2D eigenvalue weighted by Crippen LogP contribution is 2.23. The Hall–Kier alpha value is -2.36. The molecule has 19 heavy (non-hydrogen) atoms. The van der Waals surface area contributed by atoms with Gasteiger partial charge >= 0.3 is 5.97 Å². The average Bonchev–Trinajstić information content (AvgIpc) is 2.42. The molecule has 0 fully saturated rings. The number of benzene rings is 1. The van der Waals surface area contributed by atoms with Crippen molar-refractivity contribution in [3.05, 3.63) is 42.0 Å². The second kappa shape index (κ2) is 6.00. The summed E-state index contributed by atoms with van der Waals surface area (Å²) < 4.78 is 5.57. The van der Waals surface area contributed by atoms with Crippen LogP contribution in [0.2, 0.25) is 0 Å². The SMILES string of the molecule is CCCOc1nc2ccccc2cc1/C=C/C(=O)O. The number of nitrogens with zero attached hydrogens (tertiary/aromatic N) is 1. The average molecular weight is 257 g/mol. The fourth-order valence-corrected chi connectivity index (χ4v) is 1.71. The highest BCUT2D eigenvalue weighted by molar-refractivity contribution is 5.88. The Bertz CT molecular complexity index is 620. The van der Waals surface area contributed by atoms with E-state index >= 15 is 0 Å². The van der Waals surface area contributed by atoms with Crippen LogP contribution in [-0.4, -0.2) is 22.7 Å². The standard InChI is InChI=1S/C15H15NO3/c1-2-9-19-15-12(7-8-14(17)18)10-11-5-3-4-6-13(11)16-15/h3-8,10H,2,9H2,1H3,(H,17,18)/b8-7+. The highest BCUT2D eigenvalue weighted by atomic mass is 16.5. The lowest BCUT2D eigenvalue weighted by molar-refractivity contribution is -0.131. The van der Waals surface area contributed by atoms with Crippen LogP contribution in [0.15, 0.2) is 36.4 Å². The van der Waals surface area contributed by atoms with Gasteiger partial charge in [-0.1, -0.05) is 25.1 Å². The van der Waals surface area contributed by atoms with Gasteiger partial charge in [0.2, 0.25) is 5.88 Å². The van der Waals surface area contributed by atoms with Gasteiger partial charge in [0.1, 0.15) is 0 Å². The van der Waals surface area contributed by atoms with Crippen LogP contribution in [0.3, 0.4) is 0 Å². The fourth-order valence-electron chi connectivity index (χ4n) is 1.71. The molecule has 0 spiro atoms. The van der Waals surface area contributed by atoms with E-state index in [9.17, 15) is 4.79 Å². The number of carbonyl (C=O) groups is 1. The van der Waals surface area contributed by atoms with Crippen LogP contribution in [-0.2, 0) is 4.79 Å². The molecule has 0 amide bonds. The van der Waals surface area contributed by atoms with E-state index in [-0.39, 0.29) is 0 Å². The number of aliphatic carboxylic acids is 1. The number of hydrogen-bond acceptors (Lipinski definition) is 3. The number of ether oxygens (including phenoxy) is 1. The molecule has 0 aliphatic carbocycles. The normalized spacial score (nSPS) is 11.0. The summed E-state index contributed by atoms with van der Waals surface area (Å²) in [5.74, 6) is -0.521.